The number of nitrogens with zero attached hydrogens (tertiary/aromatic N) is 1. The van der Waals surface area contributed by atoms with Crippen LogP contribution in [0.1, 0.15) is 11.1 Å². The van der Waals surface area contributed by atoms with E-state index in [0.29, 0.717) is 16.8 Å². The minimum absolute atomic E-state index is 0.160. The van der Waals surface area contributed by atoms with Crippen molar-refractivity contribution >= 4 is 17.5 Å². The summed E-state index contributed by atoms with van der Waals surface area (Å²) in [7, 11) is 0. The Balaban J connectivity index is 2.13. The number of alkyl halides is 3. The molecule has 0 bridgehead atoms. The standard InChI is InChI=1S/C15H11ClF4N2O2/c16-11-5-10(15(18,19)20)7-22(14(11)24)8-13(23)21-6-9-3-1-2-4-12(9)17/h1-5,7H,6,8H2,(H,21,23). The van der Waals surface area contributed by atoms with Gasteiger partial charge in [-0.3, -0.25) is 9.59 Å². The molecule has 0 spiro atoms. The smallest absolute Gasteiger partial charge is 0.350 e. The van der Waals surface area contributed by atoms with E-state index in [0.717, 1.165) is 0 Å². The predicted octanol–water partition coefficient (Wildman–Crippen LogP) is 2.98. The molecule has 1 aromatic carbocycles. The van der Waals surface area contributed by atoms with Gasteiger partial charge in [-0.15, -0.1) is 0 Å². The maximum Gasteiger partial charge on any atom is 0.417 e. The summed E-state index contributed by atoms with van der Waals surface area (Å²) in [6, 6.07) is 6.20. The van der Waals surface area contributed by atoms with Gasteiger partial charge in [-0.1, -0.05) is 29.8 Å². The van der Waals surface area contributed by atoms with Gasteiger partial charge in [0.2, 0.25) is 5.91 Å². The van der Waals surface area contributed by atoms with E-state index in [2.05, 4.69) is 5.32 Å². The molecule has 2 aromatic rings. The third-order valence-electron chi connectivity index (χ3n) is 3.12. The molecule has 1 N–H and O–H groups in total. The van der Waals surface area contributed by atoms with Crippen molar-refractivity contribution in [3.05, 3.63) is 68.8 Å². The lowest BCUT2D eigenvalue weighted by Gasteiger charge is -2.12. The summed E-state index contributed by atoms with van der Waals surface area (Å²) in [4.78, 5) is 23.5. The molecular weight excluding hydrogens is 352 g/mol. The summed E-state index contributed by atoms with van der Waals surface area (Å²) < 4.78 is 52.1. The normalized spacial score (nSPS) is 11.4. The van der Waals surface area contributed by atoms with E-state index < -0.39 is 40.6 Å². The molecule has 9 heteroatoms. The first-order chi connectivity index (χ1) is 11.2. The van der Waals surface area contributed by atoms with Crippen LogP contribution in [-0.2, 0) is 24.1 Å². The highest BCUT2D eigenvalue weighted by atomic mass is 35.5. The third-order valence-corrected chi connectivity index (χ3v) is 3.39. The maximum absolute atomic E-state index is 13.4. The Morgan fingerprint density at radius 1 is 1.25 bits per heavy atom. The van der Waals surface area contributed by atoms with Crippen LogP contribution in [0.4, 0.5) is 17.6 Å². The topological polar surface area (TPSA) is 51.1 Å². The number of carbonyl (C=O) groups is 1. The zero-order chi connectivity index (χ0) is 17.9. The number of carbonyl (C=O) groups excluding carboxylic acids is 1. The highest BCUT2D eigenvalue weighted by molar-refractivity contribution is 6.30. The first-order valence-corrected chi connectivity index (χ1v) is 7.03. The number of amides is 1. The van der Waals surface area contributed by atoms with E-state index in [9.17, 15) is 27.2 Å². The van der Waals surface area contributed by atoms with Gasteiger partial charge in [0.15, 0.2) is 0 Å². The Hall–Kier alpha value is -2.35. The summed E-state index contributed by atoms with van der Waals surface area (Å²) in [5.74, 6) is -1.28. The number of nitrogens with one attached hydrogen (secondary N) is 1. The van der Waals surface area contributed by atoms with Gasteiger partial charge >= 0.3 is 6.18 Å². The number of halogens is 5. The van der Waals surface area contributed by atoms with Crippen molar-refractivity contribution in [1.29, 1.82) is 0 Å². The van der Waals surface area contributed by atoms with Gasteiger partial charge in [-0.05, 0) is 12.1 Å². The van der Waals surface area contributed by atoms with E-state index in [1.54, 1.807) is 6.07 Å². The Kier molecular flexibility index (Phi) is 5.28. The second-order valence-electron chi connectivity index (χ2n) is 4.88. The lowest BCUT2D eigenvalue weighted by Crippen LogP contribution is -2.33. The van der Waals surface area contributed by atoms with Crippen molar-refractivity contribution in [2.75, 3.05) is 0 Å². The molecule has 0 radical (unpaired) electrons. The van der Waals surface area contributed by atoms with E-state index in [4.69, 9.17) is 11.6 Å². The third kappa shape index (κ3) is 4.35. The highest BCUT2D eigenvalue weighted by Crippen LogP contribution is 2.29. The Bertz CT molecular complexity index is 818. The molecule has 24 heavy (non-hydrogen) atoms. The van der Waals surface area contributed by atoms with E-state index in [1.165, 1.54) is 18.2 Å². The second kappa shape index (κ2) is 7.04. The molecule has 4 nitrogen and oxygen atoms in total. The molecule has 0 unspecified atom stereocenters. The maximum atomic E-state index is 13.4. The molecule has 0 aliphatic carbocycles. The zero-order valence-electron chi connectivity index (χ0n) is 12.0. The number of hydrogen-bond acceptors (Lipinski definition) is 2. The minimum atomic E-state index is -4.71. The number of benzene rings is 1. The SMILES string of the molecule is O=C(Cn1cc(C(F)(F)F)cc(Cl)c1=O)NCc1ccccc1F. The van der Waals surface area contributed by atoms with Crippen LogP contribution >= 0.6 is 11.6 Å². The van der Waals surface area contributed by atoms with Crippen molar-refractivity contribution in [1.82, 2.24) is 9.88 Å². The van der Waals surface area contributed by atoms with Gasteiger partial charge in [0.1, 0.15) is 17.4 Å². The molecule has 0 aliphatic rings. The first kappa shape index (κ1) is 18.0. The largest absolute Gasteiger partial charge is 0.417 e. The highest BCUT2D eigenvalue weighted by Gasteiger charge is 2.32. The summed E-state index contributed by atoms with van der Waals surface area (Å²) in [6.45, 7) is -0.829. The Morgan fingerprint density at radius 3 is 2.54 bits per heavy atom. The number of rotatable bonds is 4. The molecule has 0 fully saturated rings. The fourth-order valence-corrected chi connectivity index (χ4v) is 2.14. The summed E-state index contributed by atoms with van der Waals surface area (Å²) in [5.41, 5.74) is -1.86. The van der Waals surface area contributed by atoms with Crippen LogP contribution in [0.3, 0.4) is 0 Å². The van der Waals surface area contributed by atoms with Crippen molar-refractivity contribution in [2.24, 2.45) is 0 Å². The average Bonchev–Trinajstić information content (AvgIpc) is 2.50. The number of pyridine rings is 1. The number of hydrogen-bond donors (Lipinski definition) is 1. The number of aromatic nitrogens is 1. The van der Waals surface area contributed by atoms with Gasteiger partial charge in [-0.2, -0.15) is 13.2 Å². The Labute approximate surface area is 138 Å². The minimum Gasteiger partial charge on any atom is -0.350 e. The molecule has 128 valence electrons. The molecule has 0 atom stereocenters. The molecular formula is C15H11ClF4N2O2. The van der Waals surface area contributed by atoms with Crippen LogP contribution in [0, 0.1) is 5.82 Å². The van der Waals surface area contributed by atoms with Crippen LogP contribution in [0.2, 0.25) is 5.02 Å². The second-order valence-corrected chi connectivity index (χ2v) is 5.28. The van der Waals surface area contributed by atoms with Crippen LogP contribution in [0.15, 0.2) is 41.3 Å². The molecule has 0 aliphatic heterocycles. The summed E-state index contributed by atoms with van der Waals surface area (Å²) in [6.07, 6.45) is -4.19. The molecule has 0 saturated heterocycles. The van der Waals surface area contributed by atoms with Crippen molar-refractivity contribution in [3.63, 3.8) is 0 Å². The van der Waals surface area contributed by atoms with Crippen molar-refractivity contribution < 1.29 is 22.4 Å². The van der Waals surface area contributed by atoms with Crippen LogP contribution in [0.25, 0.3) is 0 Å². The van der Waals surface area contributed by atoms with E-state index >= 15 is 0 Å². The van der Waals surface area contributed by atoms with Crippen molar-refractivity contribution in [3.8, 4) is 0 Å². The molecule has 1 amide bonds. The van der Waals surface area contributed by atoms with Crippen LogP contribution in [-0.4, -0.2) is 10.5 Å². The van der Waals surface area contributed by atoms with Gasteiger partial charge < -0.3 is 9.88 Å². The molecule has 0 saturated carbocycles. The van der Waals surface area contributed by atoms with Gasteiger partial charge in [-0.25, -0.2) is 4.39 Å². The van der Waals surface area contributed by atoms with Gasteiger partial charge in [0.05, 0.1) is 5.56 Å². The lowest BCUT2D eigenvalue weighted by atomic mass is 10.2. The summed E-state index contributed by atoms with van der Waals surface area (Å²) in [5, 5.41) is 1.68. The van der Waals surface area contributed by atoms with E-state index in [-0.39, 0.29) is 12.1 Å². The molecule has 1 heterocycles. The zero-order valence-corrected chi connectivity index (χ0v) is 12.8. The van der Waals surface area contributed by atoms with Crippen LogP contribution in [0.5, 0.6) is 0 Å². The fourth-order valence-electron chi connectivity index (χ4n) is 1.92. The molecule has 2 rings (SSSR count). The van der Waals surface area contributed by atoms with Gasteiger partial charge in [0.25, 0.3) is 5.56 Å². The van der Waals surface area contributed by atoms with Gasteiger partial charge in [0, 0.05) is 18.3 Å². The fraction of sp³-hybridized carbons (Fsp3) is 0.200. The quantitative estimate of drug-likeness (QED) is 0.850. The Morgan fingerprint density at radius 2 is 1.92 bits per heavy atom. The predicted molar refractivity (Wildman–Crippen MR) is 79.0 cm³/mol. The average molecular weight is 363 g/mol. The summed E-state index contributed by atoms with van der Waals surface area (Å²) >= 11 is 5.49. The first-order valence-electron chi connectivity index (χ1n) is 6.66. The van der Waals surface area contributed by atoms with E-state index in [1.807, 2.05) is 0 Å². The van der Waals surface area contributed by atoms with Crippen molar-refractivity contribution in [2.45, 2.75) is 19.3 Å². The molecule has 1 aromatic heterocycles. The van der Waals surface area contributed by atoms with Crippen LogP contribution < -0.4 is 10.9 Å². The lowest BCUT2D eigenvalue weighted by molar-refractivity contribution is -0.138. The monoisotopic (exact) mass is 362 g/mol.